The normalized spacial score (nSPS) is 13.2. The molecule has 1 N–H and O–H groups in total. The minimum Gasteiger partial charge on any atom is -0.462 e. The summed E-state index contributed by atoms with van der Waals surface area (Å²) in [5.74, 6) is -0.204. The monoisotopic (exact) mass is 523 g/mol. The summed E-state index contributed by atoms with van der Waals surface area (Å²) >= 11 is 1.18. The van der Waals surface area contributed by atoms with Crippen molar-refractivity contribution in [3.63, 3.8) is 0 Å². The van der Waals surface area contributed by atoms with Crippen molar-refractivity contribution < 1.29 is 24.0 Å². The van der Waals surface area contributed by atoms with Crippen molar-refractivity contribution >= 4 is 57.1 Å². The van der Waals surface area contributed by atoms with E-state index in [0.29, 0.717) is 40.5 Å². The molecule has 2 aromatic heterocycles. The molecule has 1 aliphatic rings. The lowest BCUT2D eigenvalue weighted by Crippen LogP contribution is -2.35. The number of anilines is 4. The molecule has 0 spiro atoms. The number of aromatic nitrogens is 1. The molecular formula is C25H25N5O6S. The number of ether oxygens (including phenoxy) is 1. The molecule has 37 heavy (non-hydrogen) atoms. The van der Waals surface area contributed by atoms with Crippen LogP contribution >= 0.6 is 11.3 Å². The van der Waals surface area contributed by atoms with Crippen molar-refractivity contribution in [3.05, 3.63) is 69.2 Å². The van der Waals surface area contributed by atoms with Gasteiger partial charge in [-0.15, -0.1) is 11.3 Å². The van der Waals surface area contributed by atoms with Crippen LogP contribution in [0.25, 0.3) is 0 Å². The highest BCUT2D eigenvalue weighted by Gasteiger charge is 2.25. The van der Waals surface area contributed by atoms with Crippen LogP contribution in [0, 0.1) is 17.0 Å². The van der Waals surface area contributed by atoms with E-state index in [9.17, 15) is 24.5 Å². The lowest BCUT2D eigenvalue weighted by molar-refractivity contribution is -0.384. The SMILES string of the molecule is CCOC(=O)c1csc(NC(=O)N(c2ccc([N+](=O)[O-])cc2)c2ccc(N3CCCCC3=O)cn2)c1C. The number of nitrogens with one attached hydrogen (secondary N) is 1. The molecule has 0 radical (unpaired) electrons. The molecule has 0 bridgehead atoms. The zero-order chi connectivity index (χ0) is 26.5. The fourth-order valence-corrected chi connectivity index (χ4v) is 4.87. The van der Waals surface area contributed by atoms with Crippen LogP contribution in [0.15, 0.2) is 48.0 Å². The number of hydrogen-bond acceptors (Lipinski definition) is 8. The number of pyridine rings is 1. The fourth-order valence-electron chi connectivity index (χ4n) is 3.93. The maximum atomic E-state index is 13.5. The number of hydrogen-bond donors (Lipinski definition) is 1. The van der Waals surface area contributed by atoms with Gasteiger partial charge in [0.1, 0.15) is 10.8 Å². The van der Waals surface area contributed by atoms with Gasteiger partial charge in [0.2, 0.25) is 5.91 Å². The zero-order valence-electron chi connectivity index (χ0n) is 20.3. The smallest absolute Gasteiger partial charge is 0.339 e. The first kappa shape index (κ1) is 25.8. The first-order chi connectivity index (χ1) is 17.8. The topological polar surface area (TPSA) is 135 Å². The minimum atomic E-state index is -0.580. The van der Waals surface area contributed by atoms with Crippen LogP contribution in [-0.2, 0) is 9.53 Å². The van der Waals surface area contributed by atoms with Gasteiger partial charge in [-0.2, -0.15) is 0 Å². The third-order valence-electron chi connectivity index (χ3n) is 5.87. The number of piperidine rings is 1. The fraction of sp³-hybridized carbons (Fsp3) is 0.280. The molecule has 1 fully saturated rings. The van der Waals surface area contributed by atoms with Crippen LogP contribution in [-0.4, -0.2) is 41.0 Å². The highest BCUT2D eigenvalue weighted by Crippen LogP contribution is 2.32. The van der Waals surface area contributed by atoms with Crippen molar-refractivity contribution in [2.24, 2.45) is 0 Å². The van der Waals surface area contributed by atoms with Gasteiger partial charge in [0.25, 0.3) is 5.69 Å². The number of amides is 3. The van der Waals surface area contributed by atoms with E-state index in [2.05, 4.69) is 10.3 Å². The van der Waals surface area contributed by atoms with Crippen LogP contribution in [0.2, 0.25) is 0 Å². The van der Waals surface area contributed by atoms with Crippen LogP contribution in [0.3, 0.4) is 0 Å². The molecule has 3 heterocycles. The van der Waals surface area contributed by atoms with E-state index in [4.69, 9.17) is 4.74 Å². The molecule has 1 aromatic carbocycles. The van der Waals surface area contributed by atoms with E-state index in [1.54, 1.807) is 36.3 Å². The second-order valence-corrected chi connectivity index (χ2v) is 9.12. The van der Waals surface area contributed by atoms with Crippen LogP contribution in [0.5, 0.6) is 0 Å². The van der Waals surface area contributed by atoms with Crippen LogP contribution < -0.4 is 15.1 Å². The summed E-state index contributed by atoms with van der Waals surface area (Å²) in [6, 6.07) is 8.25. The Morgan fingerprint density at radius 2 is 1.97 bits per heavy atom. The largest absolute Gasteiger partial charge is 0.462 e. The second kappa shape index (κ2) is 11.2. The number of nitro benzene ring substituents is 1. The van der Waals surface area contributed by atoms with Crippen LogP contribution in [0.4, 0.5) is 32.7 Å². The number of nitrogens with zero attached hydrogens (tertiary/aromatic N) is 4. The summed E-state index contributed by atoms with van der Waals surface area (Å²) in [7, 11) is 0. The molecule has 12 heteroatoms. The van der Waals surface area contributed by atoms with Crippen molar-refractivity contribution in [1.29, 1.82) is 0 Å². The van der Waals surface area contributed by atoms with E-state index < -0.39 is 16.9 Å². The van der Waals surface area contributed by atoms with Gasteiger partial charge in [0.15, 0.2) is 0 Å². The summed E-state index contributed by atoms with van der Waals surface area (Å²) in [6.07, 6.45) is 3.76. The number of non-ortho nitro benzene ring substituents is 1. The van der Waals surface area contributed by atoms with E-state index in [-0.39, 0.29) is 24.0 Å². The van der Waals surface area contributed by atoms with Gasteiger partial charge in [-0.05, 0) is 56.5 Å². The van der Waals surface area contributed by atoms with Gasteiger partial charge < -0.3 is 9.64 Å². The molecule has 0 saturated carbocycles. The van der Waals surface area contributed by atoms with E-state index in [1.165, 1.54) is 46.7 Å². The van der Waals surface area contributed by atoms with Crippen molar-refractivity contribution in [2.45, 2.75) is 33.1 Å². The number of urea groups is 1. The standard InChI is InChI=1S/C25H25N5O6S/c1-3-36-24(32)20-15-37-23(16(20)2)27-25(33)29(17-7-9-18(10-8-17)30(34)35)21-12-11-19(14-26-21)28-13-5-4-6-22(28)31/h7-12,14-15H,3-6,13H2,1-2H3,(H,27,33). The maximum absolute atomic E-state index is 13.5. The zero-order valence-corrected chi connectivity index (χ0v) is 21.1. The number of carbonyl (C=O) groups excluding carboxylic acids is 3. The highest BCUT2D eigenvalue weighted by molar-refractivity contribution is 7.14. The molecule has 11 nitrogen and oxygen atoms in total. The van der Waals surface area contributed by atoms with E-state index in [0.717, 1.165) is 12.8 Å². The summed E-state index contributed by atoms with van der Waals surface area (Å²) in [4.78, 5) is 55.9. The van der Waals surface area contributed by atoms with Gasteiger partial charge in [-0.25, -0.2) is 19.5 Å². The third-order valence-corrected chi connectivity index (χ3v) is 6.87. The first-order valence-electron chi connectivity index (χ1n) is 11.7. The minimum absolute atomic E-state index is 0.0244. The highest BCUT2D eigenvalue weighted by atomic mass is 32.1. The number of esters is 1. The number of thiophene rings is 1. The second-order valence-electron chi connectivity index (χ2n) is 8.24. The van der Waals surface area contributed by atoms with Crippen molar-refractivity contribution in [2.75, 3.05) is 28.3 Å². The molecule has 1 saturated heterocycles. The molecule has 0 unspecified atom stereocenters. The summed E-state index contributed by atoms with van der Waals surface area (Å²) in [5, 5.41) is 16.0. The molecule has 1 aliphatic heterocycles. The molecular weight excluding hydrogens is 498 g/mol. The number of carbonyl (C=O) groups is 3. The average molecular weight is 524 g/mol. The maximum Gasteiger partial charge on any atom is 0.339 e. The summed E-state index contributed by atoms with van der Waals surface area (Å²) in [6.45, 7) is 4.25. The molecule has 3 aromatic rings. The van der Waals surface area contributed by atoms with E-state index in [1.807, 2.05) is 0 Å². The molecule has 3 amide bonds. The molecule has 0 aliphatic carbocycles. The summed E-state index contributed by atoms with van der Waals surface area (Å²) < 4.78 is 5.06. The number of nitro groups is 1. The lowest BCUT2D eigenvalue weighted by atomic mass is 10.1. The predicted molar refractivity (Wildman–Crippen MR) is 140 cm³/mol. The summed E-state index contributed by atoms with van der Waals surface area (Å²) in [5.41, 5.74) is 1.78. The quantitative estimate of drug-likeness (QED) is 0.248. The predicted octanol–water partition coefficient (Wildman–Crippen LogP) is 5.42. The van der Waals surface area contributed by atoms with Gasteiger partial charge in [0.05, 0.1) is 34.7 Å². The average Bonchev–Trinajstić information content (AvgIpc) is 3.25. The first-order valence-corrected chi connectivity index (χ1v) is 12.5. The van der Waals surface area contributed by atoms with Crippen molar-refractivity contribution in [3.8, 4) is 0 Å². The number of rotatable bonds is 7. The Balaban J connectivity index is 1.65. The Bertz CT molecular complexity index is 1320. The Labute approximate surface area is 216 Å². The van der Waals surface area contributed by atoms with Gasteiger partial charge in [-0.3, -0.25) is 20.2 Å². The Morgan fingerprint density at radius 3 is 2.59 bits per heavy atom. The lowest BCUT2D eigenvalue weighted by Gasteiger charge is -2.27. The number of benzene rings is 1. The van der Waals surface area contributed by atoms with Crippen LogP contribution in [0.1, 0.15) is 42.1 Å². The van der Waals surface area contributed by atoms with Gasteiger partial charge in [-0.1, -0.05) is 0 Å². The van der Waals surface area contributed by atoms with Crippen molar-refractivity contribution in [1.82, 2.24) is 4.98 Å². The van der Waals surface area contributed by atoms with Gasteiger partial charge >= 0.3 is 12.0 Å². The van der Waals surface area contributed by atoms with Gasteiger partial charge in [0, 0.05) is 30.5 Å². The Hall–Kier alpha value is -4.32. The van der Waals surface area contributed by atoms with E-state index >= 15 is 0 Å². The third kappa shape index (κ3) is 5.59. The Kier molecular flexibility index (Phi) is 7.77. The molecule has 4 rings (SSSR count). The molecule has 0 atom stereocenters. The molecule has 192 valence electrons. The Morgan fingerprint density at radius 1 is 1.22 bits per heavy atom.